The molecule has 0 heterocycles. The molecule has 2 nitrogen and oxygen atoms in total. The number of hydrogen-bond acceptors (Lipinski definition) is 2. The lowest BCUT2D eigenvalue weighted by Crippen LogP contribution is -2.09. The van der Waals surface area contributed by atoms with E-state index in [1.807, 2.05) is 32.0 Å². The summed E-state index contributed by atoms with van der Waals surface area (Å²) in [5, 5.41) is 0.626. The first kappa shape index (κ1) is 23.9. The fourth-order valence-electron chi connectivity index (χ4n) is 3.43. The average molecular weight is 453 g/mol. The molecule has 4 heteroatoms. The highest BCUT2D eigenvalue weighted by Crippen LogP contribution is 2.31. The van der Waals surface area contributed by atoms with Gasteiger partial charge in [0.15, 0.2) is 0 Å². The van der Waals surface area contributed by atoms with E-state index in [2.05, 4.69) is 26.0 Å². The number of ether oxygens (including phenoxy) is 2. The average Bonchev–Trinajstić information content (AvgIpc) is 2.78. The van der Waals surface area contributed by atoms with Gasteiger partial charge in [-0.1, -0.05) is 42.8 Å². The van der Waals surface area contributed by atoms with Crippen molar-refractivity contribution in [1.29, 1.82) is 0 Å². The summed E-state index contributed by atoms with van der Waals surface area (Å²) in [6.07, 6.45) is 2.66. The predicted octanol–water partition coefficient (Wildman–Crippen LogP) is 8.41. The van der Waals surface area contributed by atoms with Crippen LogP contribution in [-0.4, -0.2) is 6.10 Å². The van der Waals surface area contributed by atoms with Gasteiger partial charge >= 0.3 is 0 Å². The Bertz CT molecular complexity index is 1050. The molecule has 0 aliphatic carbocycles. The second-order valence-corrected chi connectivity index (χ2v) is 8.52. The van der Waals surface area contributed by atoms with Gasteiger partial charge in [-0.3, -0.25) is 0 Å². The van der Waals surface area contributed by atoms with Gasteiger partial charge in [-0.15, -0.1) is 0 Å². The van der Waals surface area contributed by atoms with Gasteiger partial charge in [-0.25, -0.2) is 4.39 Å². The Morgan fingerprint density at radius 2 is 1.72 bits per heavy atom. The molecule has 0 N–H and O–H groups in total. The minimum Gasteiger partial charge on any atom is -0.491 e. The van der Waals surface area contributed by atoms with Gasteiger partial charge in [0, 0.05) is 5.02 Å². The first-order valence-electron chi connectivity index (χ1n) is 11.0. The summed E-state index contributed by atoms with van der Waals surface area (Å²) >= 11 is 6.01. The molecule has 1 unspecified atom stereocenters. The van der Waals surface area contributed by atoms with Gasteiger partial charge in [-0.2, -0.15) is 0 Å². The number of allylic oxidation sites excluding steroid dienone is 1. The molecule has 0 saturated carbocycles. The molecule has 168 valence electrons. The summed E-state index contributed by atoms with van der Waals surface area (Å²) in [5.74, 6) is 1.75. The molecule has 3 aromatic rings. The normalized spacial score (nSPS) is 12.8. The molecule has 0 radical (unpaired) electrons. The molecule has 0 spiro atoms. The maximum absolute atomic E-state index is 14.8. The van der Waals surface area contributed by atoms with E-state index < -0.39 is 0 Å². The first-order chi connectivity index (χ1) is 15.4. The van der Waals surface area contributed by atoms with Gasteiger partial charge in [-0.05, 0) is 99.2 Å². The lowest BCUT2D eigenvalue weighted by atomic mass is 9.99. The topological polar surface area (TPSA) is 18.5 Å². The maximum Gasteiger partial charge on any atom is 0.136 e. The van der Waals surface area contributed by atoms with E-state index in [9.17, 15) is 4.39 Å². The first-order valence-corrected chi connectivity index (χ1v) is 11.4. The Morgan fingerprint density at radius 3 is 2.41 bits per heavy atom. The van der Waals surface area contributed by atoms with Crippen molar-refractivity contribution in [3.8, 4) is 11.5 Å². The summed E-state index contributed by atoms with van der Waals surface area (Å²) in [5.41, 5.74) is 3.47. The van der Waals surface area contributed by atoms with Crippen LogP contribution < -0.4 is 9.47 Å². The monoisotopic (exact) mass is 452 g/mol. The third-order valence-corrected chi connectivity index (χ3v) is 5.72. The van der Waals surface area contributed by atoms with Crippen LogP contribution in [0.4, 0.5) is 4.39 Å². The number of hydrogen-bond donors (Lipinski definition) is 0. The fraction of sp³-hybridized carbons (Fsp3) is 0.286. The molecular weight excluding hydrogens is 423 g/mol. The Morgan fingerprint density at radius 1 is 1.00 bits per heavy atom. The lowest BCUT2D eigenvalue weighted by molar-refractivity contribution is 0.217. The molecule has 0 bridgehead atoms. The zero-order valence-electron chi connectivity index (χ0n) is 19.1. The van der Waals surface area contributed by atoms with Crippen molar-refractivity contribution in [3.05, 3.63) is 99.8 Å². The van der Waals surface area contributed by atoms with E-state index in [0.717, 1.165) is 36.1 Å². The van der Waals surface area contributed by atoms with Crippen molar-refractivity contribution in [2.45, 2.75) is 53.1 Å². The highest BCUT2D eigenvalue weighted by molar-refractivity contribution is 6.30. The molecule has 3 aromatic carbocycles. The van der Waals surface area contributed by atoms with Crippen LogP contribution in [0.1, 0.15) is 50.3 Å². The molecule has 32 heavy (non-hydrogen) atoms. The van der Waals surface area contributed by atoms with Crippen molar-refractivity contribution in [2.24, 2.45) is 0 Å². The summed E-state index contributed by atoms with van der Waals surface area (Å²) in [7, 11) is 0. The van der Waals surface area contributed by atoms with Crippen LogP contribution >= 0.6 is 11.6 Å². The Kier molecular flexibility index (Phi) is 8.35. The minimum absolute atomic E-state index is 0.176. The second-order valence-electron chi connectivity index (χ2n) is 8.08. The summed E-state index contributed by atoms with van der Waals surface area (Å²) < 4.78 is 27.0. The van der Waals surface area contributed by atoms with Crippen molar-refractivity contribution < 1.29 is 13.9 Å². The molecular formula is C28H30ClFO2. The minimum atomic E-state index is -0.294. The van der Waals surface area contributed by atoms with Crippen molar-refractivity contribution >= 4 is 17.4 Å². The van der Waals surface area contributed by atoms with Gasteiger partial charge in [0.2, 0.25) is 0 Å². The van der Waals surface area contributed by atoms with Crippen LogP contribution in [0, 0.1) is 12.7 Å². The highest BCUT2D eigenvalue weighted by Gasteiger charge is 2.17. The number of benzene rings is 3. The molecule has 0 saturated heterocycles. The SMILES string of the molecule is CCC(C)Oc1cccc(CC/C(C)=C(/Oc2ccc(Cl)cc2)c2c(C)cccc2F)c1. The molecule has 0 aliphatic heterocycles. The standard InChI is InChI=1S/C28H30ClFO2/c1-5-21(4)31-25-10-7-9-22(18-25)13-12-20(3)28(27-19(2)8-6-11-26(27)30)32-24-16-14-23(29)15-17-24/h6-11,14-18,21H,5,12-13H2,1-4H3/b28-20+. The van der Waals surface area contributed by atoms with E-state index in [4.69, 9.17) is 21.1 Å². The van der Waals surface area contributed by atoms with Crippen molar-refractivity contribution in [1.82, 2.24) is 0 Å². The van der Waals surface area contributed by atoms with E-state index >= 15 is 0 Å². The van der Waals surface area contributed by atoms with E-state index in [1.165, 1.54) is 11.6 Å². The summed E-state index contributed by atoms with van der Waals surface area (Å²) in [6, 6.07) is 20.4. The smallest absolute Gasteiger partial charge is 0.136 e. The molecule has 0 amide bonds. The van der Waals surface area contributed by atoms with Crippen molar-refractivity contribution in [3.63, 3.8) is 0 Å². The fourth-order valence-corrected chi connectivity index (χ4v) is 3.55. The summed E-state index contributed by atoms with van der Waals surface area (Å²) in [6.45, 7) is 8.07. The summed E-state index contributed by atoms with van der Waals surface area (Å²) in [4.78, 5) is 0. The molecule has 3 rings (SSSR count). The van der Waals surface area contributed by atoms with Gasteiger partial charge in [0.05, 0.1) is 11.7 Å². The highest BCUT2D eigenvalue weighted by atomic mass is 35.5. The number of rotatable bonds is 9. The Balaban J connectivity index is 1.88. The molecule has 0 fully saturated rings. The quantitative estimate of drug-likeness (QED) is 0.303. The van der Waals surface area contributed by atoms with Crippen LogP contribution in [0.3, 0.4) is 0 Å². The Labute approximate surface area is 195 Å². The number of aryl methyl sites for hydroxylation is 2. The van der Waals surface area contributed by atoms with Crippen LogP contribution in [0.15, 0.2) is 72.3 Å². The van der Waals surface area contributed by atoms with E-state index in [1.54, 1.807) is 30.3 Å². The number of halogens is 2. The molecule has 1 atom stereocenters. The third kappa shape index (κ3) is 6.37. The lowest BCUT2D eigenvalue weighted by Gasteiger charge is -2.17. The van der Waals surface area contributed by atoms with E-state index in [-0.39, 0.29) is 11.9 Å². The maximum atomic E-state index is 14.8. The van der Waals surface area contributed by atoms with Crippen LogP contribution in [0.5, 0.6) is 11.5 Å². The third-order valence-electron chi connectivity index (χ3n) is 5.47. The van der Waals surface area contributed by atoms with Crippen LogP contribution in [-0.2, 0) is 6.42 Å². The van der Waals surface area contributed by atoms with Crippen molar-refractivity contribution in [2.75, 3.05) is 0 Å². The van der Waals surface area contributed by atoms with Gasteiger partial charge in [0.25, 0.3) is 0 Å². The van der Waals surface area contributed by atoms with Crippen LogP contribution in [0.2, 0.25) is 5.02 Å². The van der Waals surface area contributed by atoms with E-state index in [0.29, 0.717) is 22.1 Å². The Hall–Kier alpha value is -2.78. The second kappa shape index (κ2) is 11.2. The van der Waals surface area contributed by atoms with Crippen LogP contribution in [0.25, 0.3) is 5.76 Å². The molecule has 0 aliphatic rings. The molecule has 0 aromatic heterocycles. The zero-order valence-corrected chi connectivity index (χ0v) is 19.9. The van der Waals surface area contributed by atoms with Gasteiger partial charge < -0.3 is 9.47 Å². The predicted molar refractivity (Wildman–Crippen MR) is 131 cm³/mol. The zero-order chi connectivity index (χ0) is 23.1. The largest absolute Gasteiger partial charge is 0.491 e. The van der Waals surface area contributed by atoms with Gasteiger partial charge in [0.1, 0.15) is 23.1 Å².